The van der Waals surface area contributed by atoms with E-state index in [0.29, 0.717) is 30.3 Å². The Kier molecular flexibility index (Phi) is 3.33. The molecule has 2 rings (SSSR count). The van der Waals surface area contributed by atoms with Crippen molar-refractivity contribution in [1.82, 2.24) is 0 Å². The van der Waals surface area contributed by atoms with Gasteiger partial charge in [-0.2, -0.15) is 0 Å². The van der Waals surface area contributed by atoms with Crippen molar-refractivity contribution < 1.29 is 14.3 Å². The highest BCUT2D eigenvalue weighted by Crippen LogP contribution is 2.31. The molecule has 1 aliphatic rings. The fourth-order valence-corrected chi connectivity index (χ4v) is 1.70. The Morgan fingerprint density at radius 3 is 2.53 bits per heavy atom. The van der Waals surface area contributed by atoms with E-state index < -0.39 is 0 Å². The number of Topliss-reactive ketones (excluding diaryl/α,β-unsaturated/α-hetero) is 1. The fourth-order valence-electron chi connectivity index (χ4n) is 1.70. The van der Waals surface area contributed by atoms with Gasteiger partial charge in [-0.25, -0.2) is 0 Å². The van der Waals surface area contributed by atoms with Crippen LogP contribution in [-0.4, -0.2) is 25.0 Å². The third-order valence-electron chi connectivity index (χ3n) is 3.03. The van der Waals surface area contributed by atoms with Gasteiger partial charge in [0.25, 0.3) is 0 Å². The number of nitrogens with two attached hydrogens (primary N) is 1. The van der Waals surface area contributed by atoms with Crippen LogP contribution in [0.3, 0.4) is 0 Å². The Bertz CT molecular complexity index is 429. The Morgan fingerprint density at radius 2 is 1.88 bits per heavy atom. The summed E-state index contributed by atoms with van der Waals surface area (Å²) in [7, 11) is 0. The second kappa shape index (κ2) is 4.75. The quantitative estimate of drug-likeness (QED) is 0.809. The highest BCUT2D eigenvalue weighted by atomic mass is 16.6. The molecule has 1 aliphatic heterocycles. The molecule has 17 heavy (non-hydrogen) atoms. The SMILES string of the molecule is CC(N)C(C)C(=O)c1ccc2c(c1)OCCO2. The smallest absolute Gasteiger partial charge is 0.167 e. The molecule has 0 bridgehead atoms. The van der Waals surface area contributed by atoms with Crippen molar-refractivity contribution in [2.75, 3.05) is 13.2 Å². The largest absolute Gasteiger partial charge is 0.486 e. The third-order valence-corrected chi connectivity index (χ3v) is 3.03. The number of ether oxygens (including phenoxy) is 2. The summed E-state index contributed by atoms with van der Waals surface area (Å²) in [4.78, 5) is 12.1. The van der Waals surface area contributed by atoms with E-state index in [1.165, 1.54) is 0 Å². The van der Waals surface area contributed by atoms with Gasteiger partial charge in [0.1, 0.15) is 13.2 Å². The average molecular weight is 235 g/mol. The molecule has 1 aromatic rings. The van der Waals surface area contributed by atoms with Crippen molar-refractivity contribution in [3.8, 4) is 11.5 Å². The van der Waals surface area contributed by atoms with Gasteiger partial charge in [-0.1, -0.05) is 6.92 Å². The van der Waals surface area contributed by atoms with Gasteiger partial charge in [-0.05, 0) is 25.1 Å². The van der Waals surface area contributed by atoms with E-state index in [-0.39, 0.29) is 17.7 Å². The molecule has 0 amide bonds. The highest BCUT2D eigenvalue weighted by Gasteiger charge is 2.21. The van der Waals surface area contributed by atoms with E-state index in [1.54, 1.807) is 18.2 Å². The van der Waals surface area contributed by atoms with E-state index in [1.807, 2.05) is 13.8 Å². The molecule has 0 aliphatic carbocycles. The first-order chi connectivity index (χ1) is 8.09. The summed E-state index contributed by atoms with van der Waals surface area (Å²) in [6.07, 6.45) is 0. The fraction of sp³-hybridized carbons (Fsp3) is 0.462. The molecule has 0 aromatic heterocycles. The van der Waals surface area contributed by atoms with Crippen molar-refractivity contribution >= 4 is 5.78 Å². The van der Waals surface area contributed by atoms with Crippen molar-refractivity contribution in [3.05, 3.63) is 23.8 Å². The van der Waals surface area contributed by atoms with E-state index >= 15 is 0 Å². The van der Waals surface area contributed by atoms with E-state index in [9.17, 15) is 4.79 Å². The number of carbonyl (C=O) groups excluding carboxylic acids is 1. The van der Waals surface area contributed by atoms with Gasteiger partial charge in [0.2, 0.25) is 0 Å². The van der Waals surface area contributed by atoms with Crippen molar-refractivity contribution in [2.45, 2.75) is 19.9 Å². The normalized spacial score (nSPS) is 17.4. The molecule has 2 unspecified atom stereocenters. The van der Waals surface area contributed by atoms with E-state index in [0.717, 1.165) is 0 Å². The number of fused-ring (bicyclic) bond motifs is 1. The van der Waals surface area contributed by atoms with Crippen LogP contribution in [0.25, 0.3) is 0 Å². The van der Waals surface area contributed by atoms with Crippen LogP contribution in [-0.2, 0) is 0 Å². The van der Waals surface area contributed by atoms with Crippen LogP contribution in [0.2, 0.25) is 0 Å². The Balaban J connectivity index is 2.25. The minimum Gasteiger partial charge on any atom is -0.486 e. The highest BCUT2D eigenvalue weighted by molar-refractivity contribution is 5.98. The minimum atomic E-state index is -0.197. The zero-order valence-electron chi connectivity index (χ0n) is 10.1. The third kappa shape index (κ3) is 2.42. The lowest BCUT2D eigenvalue weighted by molar-refractivity contribution is 0.0916. The van der Waals surface area contributed by atoms with Crippen LogP contribution >= 0.6 is 0 Å². The summed E-state index contributed by atoms with van der Waals surface area (Å²) in [6.45, 7) is 4.74. The maximum atomic E-state index is 12.1. The molecular formula is C13H17NO3. The lowest BCUT2D eigenvalue weighted by Crippen LogP contribution is -2.30. The summed E-state index contributed by atoms with van der Waals surface area (Å²) in [5.41, 5.74) is 6.36. The summed E-state index contributed by atoms with van der Waals surface area (Å²) in [5, 5.41) is 0. The Labute approximate surface area is 101 Å². The molecule has 92 valence electrons. The maximum absolute atomic E-state index is 12.1. The van der Waals surface area contributed by atoms with Gasteiger partial charge >= 0.3 is 0 Å². The summed E-state index contributed by atoms with van der Waals surface area (Å²) in [6, 6.07) is 5.11. The summed E-state index contributed by atoms with van der Waals surface area (Å²) >= 11 is 0. The van der Waals surface area contributed by atoms with Gasteiger partial charge in [0.15, 0.2) is 17.3 Å². The monoisotopic (exact) mass is 235 g/mol. The second-order valence-corrected chi connectivity index (χ2v) is 4.37. The van der Waals surface area contributed by atoms with Crippen molar-refractivity contribution in [3.63, 3.8) is 0 Å². The lowest BCUT2D eigenvalue weighted by atomic mass is 9.94. The number of ketones is 1. The van der Waals surface area contributed by atoms with Gasteiger partial charge in [0.05, 0.1) is 0 Å². The first-order valence-corrected chi connectivity index (χ1v) is 5.79. The van der Waals surface area contributed by atoms with Gasteiger partial charge in [0, 0.05) is 17.5 Å². The molecule has 0 saturated heterocycles. The zero-order chi connectivity index (χ0) is 12.4. The number of hydrogen-bond donors (Lipinski definition) is 1. The molecule has 2 N–H and O–H groups in total. The molecule has 0 spiro atoms. The van der Waals surface area contributed by atoms with Crippen LogP contribution in [0, 0.1) is 5.92 Å². The van der Waals surface area contributed by atoms with Crippen LogP contribution < -0.4 is 15.2 Å². The van der Waals surface area contributed by atoms with Crippen LogP contribution in [0.1, 0.15) is 24.2 Å². The number of hydrogen-bond acceptors (Lipinski definition) is 4. The van der Waals surface area contributed by atoms with E-state index in [4.69, 9.17) is 15.2 Å². The number of benzene rings is 1. The van der Waals surface area contributed by atoms with Gasteiger partial charge < -0.3 is 15.2 Å². The molecule has 0 fully saturated rings. The standard InChI is InChI=1S/C13H17NO3/c1-8(9(2)14)13(15)10-3-4-11-12(7-10)17-6-5-16-11/h3-4,7-9H,5-6,14H2,1-2H3. The van der Waals surface area contributed by atoms with Gasteiger partial charge in [-0.3, -0.25) is 4.79 Å². The maximum Gasteiger partial charge on any atom is 0.167 e. The van der Waals surface area contributed by atoms with E-state index in [2.05, 4.69) is 0 Å². The molecule has 0 radical (unpaired) electrons. The predicted octanol–water partition coefficient (Wildman–Crippen LogP) is 1.62. The first-order valence-electron chi connectivity index (χ1n) is 5.79. The molecule has 4 nitrogen and oxygen atoms in total. The molecule has 1 aromatic carbocycles. The Morgan fingerprint density at radius 1 is 1.24 bits per heavy atom. The molecule has 4 heteroatoms. The van der Waals surface area contributed by atoms with Crippen LogP contribution in [0.15, 0.2) is 18.2 Å². The van der Waals surface area contributed by atoms with Gasteiger partial charge in [-0.15, -0.1) is 0 Å². The molecule has 2 atom stereocenters. The molecule has 1 heterocycles. The zero-order valence-corrected chi connectivity index (χ0v) is 10.1. The number of rotatable bonds is 3. The average Bonchev–Trinajstić information content (AvgIpc) is 2.36. The topological polar surface area (TPSA) is 61.6 Å². The van der Waals surface area contributed by atoms with Crippen LogP contribution in [0.4, 0.5) is 0 Å². The first kappa shape index (κ1) is 11.9. The van der Waals surface area contributed by atoms with Crippen molar-refractivity contribution in [2.24, 2.45) is 11.7 Å². The summed E-state index contributed by atoms with van der Waals surface area (Å²) < 4.78 is 10.9. The van der Waals surface area contributed by atoms with Crippen molar-refractivity contribution in [1.29, 1.82) is 0 Å². The molecular weight excluding hydrogens is 218 g/mol. The Hall–Kier alpha value is -1.55. The summed E-state index contributed by atoms with van der Waals surface area (Å²) in [5.74, 6) is 1.18. The number of carbonyl (C=O) groups is 1. The second-order valence-electron chi connectivity index (χ2n) is 4.37. The predicted molar refractivity (Wildman–Crippen MR) is 64.6 cm³/mol. The molecule has 0 saturated carbocycles. The van der Waals surface area contributed by atoms with Crippen LogP contribution in [0.5, 0.6) is 11.5 Å². The minimum absolute atomic E-state index is 0.0389. The lowest BCUT2D eigenvalue weighted by Gasteiger charge is -2.20.